The summed E-state index contributed by atoms with van der Waals surface area (Å²) in [5.41, 5.74) is 1.55. The van der Waals surface area contributed by atoms with Crippen LogP contribution in [0.2, 0.25) is 5.02 Å². The highest BCUT2D eigenvalue weighted by molar-refractivity contribution is 6.30. The van der Waals surface area contributed by atoms with Crippen LogP contribution in [0.15, 0.2) is 42.5 Å². The minimum atomic E-state index is -0.0387. The Kier molecular flexibility index (Phi) is 8.33. The number of rotatable bonds is 6. The molecule has 0 atom stereocenters. The monoisotopic (exact) mass is 484 g/mol. The van der Waals surface area contributed by atoms with Crippen LogP contribution in [0.1, 0.15) is 54.4 Å². The maximum absolute atomic E-state index is 13.1. The molecule has 4 rings (SSSR count). The van der Waals surface area contributed by atoms with Crippen LogP contribution in [0.4, 0.5) is 0 Å². The summed E-state index contributed by atoms with van der Waals surface area (Å²) in [4.78, 5) is 30.0. The smallest absolute Gasteiger partial charge is 0.253 e. The number of carbonyl (C=O) groups is 2. The molecule has 2 aromatic rings. The summed E-state index contributed by atoms with van der Waals surface area (Å²) >= 11 is 5.94. The predicted molar refractivity (Wildman–Crippen MR) is 132 cm³/mol. The molecule has 7 heteroatoms. The van der Waals surface area contributed by atoms with Gasteiger partial charge < -0.3 is 19.3 Å². The van der Waals surface area contributed by atoms with Crippen molar-refractivity contribution in [3.8, 4) is 11.5 Å². The fourth-order valence-corrected chi connectivity index (χ4v) is 4.85. The molecule has 0 spiro atoms. The molecule has 0 saturated carbocycles. The van der Waals surface area contributed by atoms with Crippen molar-refractivity contribution in [2.24, 2.45) is 5.92 Å². The van der Waals surface area contributed by atoms with Crippen LogP contribution >= 0.6 is 11.6 Å². The van der Waals surface area contributed by atoms with Gasteiger partial charge in [-0.3, -0.25) is 9.59 Å². The highest BCUT2D eigenvalue weighted by Gasteiger charge is 2.31. The standard InChI is InChI=1S/C27H33ClN2O4/c1-33-25-18-22(8-11-24(25)34-19-20-6-9-23(28)10-7-20)27(32)30-16-12-21(13-17-30)26(31)29-14-4-2-3-5-15-29/h6-11,18,21H,2-5,12-17,19H2,1H3. The van der Waals surface area contributed by atoms with Gasteiger partial charge in [-0.15, -0.1) is 0 Å². The fourth-order valence-electron chi connectivity index (χ4n) is 4.72. The van der Waals surface area contributed by atoms with E-state index in [0.29, 0.717) is 41.8 Å². The van der Waals surface area contributed by atoms with Gasteiger partial charge in [-0.2, -0.15) is 0 Å². The van der Waals surface area contributed by atoms with Gasteiger partial charge in [0.15, 0.2) is 11.5 Å². The highest BCUT2D eigenvalue weighted by Crippen LogP contribution is 2.30. The molecule has 0 N–H and O–H groups in total. The summed E-state index contributed by atoms with van der Waals surface area (Å²) in [6, 6.07) is 12.7. The molecule has 2 heterocycles. The van der Waals surface area contributed by atoms with Gasteiger partial charge in [0.05, 0.1) is 7.11 Å². The summed E-state index contributed by atoms with van der Waals surface area (Å²) in [5, 5.41) is 0.680. The lowest BCUT2D eigenvalue weighted by molar-refractivity contribution is -0.136. The lowest BCUT2D eigenvalue weighted by Crippen LogP contribution is -2.44. The van der Waals surface area contributed by atoms with E-state index in [-0.39, 0.29) is 17.7 Å². The molecule has 0 aromatic heterocycles. The van der Waals surface area contributed by atoms with E-state index >= 15 is 0 Å². The average Bonchev–Trinajstić information content (AvgIpc) is 3.17. The van der Waals surface area contributed by atoms with Crippen molar-refractivity contribution in [2.75, 3.05) is 33.3 Å². The van der Waals surface area contributed by atoms with Gasteiger partial charge in [0.2, 0.25) is 5.91 Å². The molecule has 2 aliphatic rings. The normalized spacial score (nSPS) is 17.2. The Labute approximate surface area is 206 Å². The second-order valence-electron chi connectivity index (χ2n) is 9.09. The lowest BCUT2D eigenvalue weighted by atomic mass is 9.94. The number of hydrogen-bond donors (Lipinski definition) is 0. The lowest BCUT2D eigenvalue weighted by Gasteiger charge is -2.34. The van der Waals surface area contributed by atoms with Crippen LogP contribution in [-0.4, -0.2) is 54.9 Å². The molecule has 0 aliphatic carbocycles. The minimum Gasteiger partial charge on any atom is -0.493 e. The third kappa shape index (κ3) is 6.03. The van der Waals surface area contributed by atoms with Gasteiger partial charge in [-0.05, 0) is 61.6 Å². The van der Waals surface area contributed by atoms with E-state index in [4.69, 9.17) is 21.1 Å². The van der Waals surface area contributed by atoms with Gasteiger partial charge >= 0.3 is 0 Å². The Morgan fingerprint density at radius 2 is 1.56 bits per heavy atom. The topological polar surface area (TPSA) is 59.1 Å². The number of ether oxygens (including phenoxy) is 2. The van der Waals surface area contributed by atoms with Crippen LogP contribution in [0.5, 0.6) is 11.5 Å². The third-order valence-corrected chi connectivity index (χ3v) is 7.02. The molecule has 2 fully saturated rings. The highest BCUT2D eigenvalue weighted by atomic mass is 35.5. The summed E-state index contributed by atoms with van der Waals surface area (Å²) in [7, 11) is 1.57. The van der Waals surface area contributed by atoms with Gasteiger partial charge in [0.1, 0.15) is 6.61 Å². The van der Waals surface area contributed by atoms with Crippen molar-refractivity contribution in [3.63, 3.8) is 0 Å². The quantitative estimate of drug-likeness (QED) is 0.566. The number of nitrogens with zero attached hydrogens (tertiary/aromatic N) is 2. The van der Waals surface area contributed by atoms with Crippen LogP contribution in [0.25, 0.3) is 0 Å². The van der Waals surface area contributed by atoms with Crippen molar-refractivity contribution in [1.82, 2.24) is 9.80 Å². The molecule has 2 amide bonds. The van der Waals surface area contributed by atoms with Gasteiger partial charge in [-0.25, -0.2) is 0 Å². The predicted octanol–water partition coefficient (Wildman–Crippen LogP) is 5.18. The Morgan fingerprint density at radius 3 is 2.21 bits per heavy atom. The SMILES string of the molecule is COc1cc(C(=O)N2CCC(C(=O)N3CCCCCC3)CC2)ccc1OCc1ccc(Cl)cc1. The molecule has 0 unspecified atom stereocenters. The molecule has 0 radical (unpaired) electrons. The van der Waals surface area contributed by atoms with Gasteiger partial charge in [0, 0.05) is 42.7 Å². The Bertz CT molecular complexity index is 979. The maximum atomic E-state index is 13.1. The molecule has 2 aromatic carbocycles. The fraction of sp³-hybridized carbons (Fsp3) is 0.481. The Hall–Kier alpha value is -2.73. The number of carbonyl (C=O) groups excluding carboxylic acids is 2. The van der Waals surface area contributed by atoms with E-state index in [1.54, 1.807) is 25.3 Å². The first-order valence-corrected chi connectivity index (χ1v) is 12.6. The number of halogens is 1. The number of amides is 2. The van der Waals surface area contributed by atoms with Crippen LogP contribution in [0, 0.1) is 5.92 Å². The van der Waals surface area contributed by atoms with E-state index in [9.17, 15) is 9.59 Å². The van der Waals surface area contributed by atoms with Crippen molar-refractivity contribution < 1.29 is 19.1 Å². The molecular formula is C27H33ClN2O4. The molecule has 2 aliphatic heterocycles. The number of likely N-dealkylation sites (tertiary alicyclic amines) is 2. The summed E-state index contributed by atoms with van der Waals surface area (Å²) in [6.45, 7) is 3.33. The molecule has 2 saturated heterocycles. The number of hydrogen-bond acceptors (Lipinski definition) is 4. The summed E-state index contributed by atoms with van der Waals surface area (Å²) < 4.78 is 11.4. The first-order valence-electron chi connectivity index (χ1n) is 12.2. The Balaban J connectivity index is 1.33. The summed E-state index contributed by atoms with van der Waals surface area (Å²) in [5.74, 6) is 1.36. The van der Waals surface area contributed by atoms with E-state index in [2.05, 4.69) is 0 Å². The van der Waals surface area contributed by atoms with Crippen LogP contribution in [-0.2, 0) is 11.4 Å². The van der Waals surface area contributed by atoms with Gasteiger partial charge in [0.25, 0.3) is 5.91 Å². The molecule has 182 valence electrons. The zero-order valence-corrected chi connectivity index (χ0v) is 20.6. The van der Waals surface area contributed by atoms with Crippen LogP contribution in [0.3, 0.4) is 0 Å². The first kappa shape index (κ1) is 24.4. The van der Waals surface area contributed by atoms with Crippen molar-refractivity contribution in [3.05, 3.63) is 58.6 Å². The zero-order valence-electron chi connectivity index (χ0n) is 19.8. The molecule has 6 nitrogen and oxygen atoms in total. The van der Waals surface area contributed by atoms with Crippen molar-refractivity contribution in [2.45, 2.75) is 45.1 Å². The molecule has 0 bridgehead atoms. The van der Waals surface area contributed by atoms with Crippen LogP contribution < -0.4 is 9.47 Å². The Morgan fingerprint density at radius 1 is 0.882 bits per heavy atom. The van der Waals surface area contributed by atoms with E-state index in [0.717, 1.165) is 44.3 Å². The van der Waals surface area contributed by atoms with E-state index < -0.39 is 0 Å². The minimum absolute atomic E-state index is 0.0281. The number of benzene rings is 2. The summed E-state index contributed by atoms with van der Waals surface area (Å²) in [6.07, 6.45) is 6.08. The van der Waals surface area contributed by atoms with E-state index in [1.165, 1.54) is 12.8 Å². The number of methoxy groups -OCH3 is 1. The van der Waals surface area contributed by atoms with Crippen molar-refractivity contribution in [1.29, 1.82) is 0 Å². The second kappa shape index (κ2) is 11.6. The second-order valence-corrected chi connectivity index (χ2v) is 9.52. The molecular weight excluding hydrogens is 452 g/mol. The largest absolute Gasteiger partial charge is 0.493 e. The van der Waals surface area contributed by atoms with E-state index in [1.807, 2.05) is 34.1 Å². The van der Waals surface area contributed by atoms with Crippen molar-refractivity contribution >= 4 is 23.4 Å². The number of piperidine rings is 1. The third-order valence-electron chi connectivity index (χ3n) is 6.77. The average molecular weight is 485 g/mol. The maximum Gasteiger partial charge on any atom is 0.253 e. The zero-order chi connectivity index (χ0) is 23.9. The van der Waals surface area contributed by atoms with Gasteiger partial charge in [-0.1, -0.05) is 36.6 Å². The molecule has 34 heavy (non-hydrogen) atoms. The first-order chi connectivity index (χ1) is 16.5.